The van der Waals surface area contributed by atoms with Gasteiger partial charge in [-0.1, -0.05) is 129 Å². The van der Waals surface area contributed by atoms with Crippen LogP contribution in [0.4, 0.5) is 0 Å². The molecule has 0 bridgehead atoms. The molecule has 0 spiro atoms. The average molecular weight is 467 g/mol. The molecule has 0 radical (unpaired) electrons. The predicted molar refractivity (Wildman–Crippen MR) is 152 cm³/mol. The van der Waals surface area contributed by atoms with Crippen LogP contribution in [-0.4, -0.2) is 0 Å². The summed E-state index contributed by atoms with van der Waals surface area (Å²) in [7, 11) is 0. The number of allylic oxidation sites excluding steroid dienone is 4. The van der Waals surface area contributed by atoms with Gasteiger partial charge in [0.25, 0.3) is 0 Å². The second kappa shape index (κ2) is 7.96. The van der Waals surface area contributed by atoms with Gasteiger partial charge in [0.1, 0.15) is 0 Å². The van der Waals surface area contributed by atoms with Crippen molar-refractivity contribution in [1.82, 2.24) is 0 Å². The van der Waals surface area contributed by atoms with E-state index < -0.39 is 0 Å². The van der Waals surface area contributed by atoms with Gasteiger partial charge in [0.2, 0.25) is 0 Å². The minimum atomic E-state index is 0.152. The van der Waals surface area contributed by atoms with Crippen molar-refractivity contribution in [2.24, 2.45) is 10.8 Å². The Morgan fingerprint density at radius 1 is 0.657 bits per heavy atom. The summed E-state index contributed by atoms with van der Waals surface area (Å²) >= 11 is 0. The van der Waals surface area contributed by atoms with Gasteiger partial charge in [-0.05, 0) is 74.5 Å². The van der Waals surface area contributed by atoms with Crippen molar-refractivity contribution in [1.29, 1.82) is 0 Å². The fourth-order valence-corrected chi connectivity index (χ4v) is 6.97. The third-order valence-electron chi connectivity index (χ3n) is 9.18. The lowest BCUT2D eigenvalue weighted by molar-refractivity contribution is 0.319. The van der Waals surface area contributed by atoms with E-state index in [9.17, 15) is 0 Å². The maximum atomic E-state index is 2.61. The molecule has 35 heavy (non-hydrogen) atoms. The minimum absolute atomic E-state index is 0.152. The van der Waals surface area contributed by atoms with Gasteiger partial charge in [-0.3, -0.25) is 0 Å². The Hall–Kier alpha value is -2.08. The summed E-state index contributed by atoms with van der Waals surface area (Å²) in [6.45, 7) is 21.1. The highest BCUT2D eigenvalue weighted by atomic mass is 14.5. The highest BCUT2D eigenvalue weighted by Crippen LogP contribution is 2.63. The van der Waals surface area contributed by atoms with Crippen LogP contribution in [0.15, 0.2) is 59.7 Å². The highest BCUT2D eigenvalue weighted by molar-refractivity contribution is 5.81. The van der Waals surface area contributed by atoms with E-state index in [1.54, 1.807) is 16.7 Å². The second-order valence-corrected chi connectivity index (χ2v) is 14.7. The van der Waals surface area contributed by atoms with Gasteiger partial charge in [0.15, 0.2) is 0 Å². The molecule has 0 atom stereocenters. The number of fused-ring (bicyclic) bond motifs is 3. The van der Waals surface area contributed by atoms with Crippen molar-refractivity contribution in [3.63, 3.8) is 0 Å². The first-order chi connectivity index (χ1) is 16.2. The van der Waals surface area contributed by atoms with Gasteiger partial charge in [0, 0.05) is 11.3 Å². The van der Waals surface area contributed by atoms with E-state index in [0.717, 1.165) is 6.42 Å². The molecule has 0 nitrogen and oxygen atoms in total. The third-order valence-corrected chi connectivity index (χ3v) is 9.18. The zero-order chi connectivity index (χ0) is 25.4. The normalized spacial score (nSPS) is 20.0. The average Bonchev–Trinajstić information content (AvgIpc) is 3.48. The van der Waals surface area contributed by atoms with E-state index in [1.165, 1.54) is 53.5 Å². The van der Waals surface area contributed by atoms with Crippen molar-refractivity contribution in [3.05, 3.63) is 82.0 Å². The fourth-order valence-electron chi connectivity index (χ4n) is 6.97. The first-order valence-electron chi connectivity index (χ1n) is 13.9. The molecule has 0 heteroatoms. The largest absolute Gasteiger partial charge is 0.0767 e. The molecule has 3 aliphatic rings. The molecule has 3 aliphatic carbocycles. The predicted octanol–water partition coefficient (Wildman–Crippen LogP) is 10.3. The first-order valence-corrected chi connectivity index (χ1v) is 13.9. The zero-order valence-corrected chi connectivity index (χ0v) is 23.7. The molecule has 0 aromatic heterocycles. The number of benzene rings is 2. The molecule has 0 saturated heterocycles. The van der Waals surface area contributed by atoms with Crippen molar-refractivity contribution in [3.8, 4) is 11.1 Å². The number of hydrogen-bond acceptors (Lipinski definition) is 0. The van der Waals surface area contributed by atoms with Gasteiger partial charge in [-0.25, -0.2) is 0 Å². The van der Waals surface area contributed by atoms with Crippen LogP contribution in [0.2, 0.25) is 0 Å². The Morgan fingerprint density at radius 2 is 1.14 bits per heavy atom. The summed E-state index contributed by atoms with van der Waals surface area (Å²) in [6.07, 6.45) is 11.6. The van der Waals surface area contributed by atoms with E-state index in [-0.39, 0.29) is 21.7 Å². The summed E-state index contributed by atoms with van der Waals surface area (Å²) < 4.78 is 0. The summed E-state index contributed by atoms with van der Waals surface area (Å²) in [5.41, 5.74) is 13.0. The van der Waals surface area contributed by atoms with Crippen LogP contribution in [0.3, 0.4) is 0 Å². The van der Waals surface area contributed by atoms with E-state index in [1.807, 2.05) is 0 Å². The quantitative estimate of drug-likeness (QED) is 0.413. The maximum absolute atomic E-state index is 2.61. The summed E-state index contributed by atoms with van der Waals surface area (Å²) in [6, 6.07) is 14.9. The summed E-state index contributed by atoms with van der Waals surface area (Å²) in [4.78, 5) is 0. The molecule has 0 unspecified atom stereocenters. The maximum Gasteiger partial charge on any atom is 0.0195 e. The Bertz CT molecular complexity index is 1140. The number of rotatable bonds is 2. The van der Waals surface area contributed by atoms with Gasteiger partial charge in [-0.15, -0.1) is 0 Å². The first kappa shape index (κ1) is 24.6. The van der Waals surface area contributed by atoms with Crippen LogP contribution >= 0.6 is 0 Å². The molecule has 0 N–H and O–H groups in total. The third kappa shape index (κ3) is 4.06. The summed E-state index contributed by atoms with van der Waals surface area (Å²) in [5, 5.41) is 0. The lowest BCUT2D eigenvalue weighted by Gasteiger charge is -2.39. The number of hydrogen-bond donors (Lipinski definition) is 0. The molecule has 1 fully saturated rings. The molecule has 186 valence electrons. The van der Waals surface area contributed by atoms with Gasteiger partial charge in [0.05, 0.1) is 0 Å². The Morgan fingerprint density at radius 3 is 1.54 bits per heavy atom. The van der Waals surface area contributed by atoms with E-state index in [2.05, 4.69) is 111 Å². The Kier molecular flexibility index (Phi) is 5.60. The van der Waals surface area contributed by atoms with Crippen LogP contribution in [0.25, 0.3) is 11.1 Å². The van der Waals surface area contributed by atoms with Crippen molar-refractivity contribution >= 4 is 0 Å². The summed E-state index contributed by atoms with van der Waals surface area (Å²) in [5.74, 6) is 0.469. The molecule has 5 rings (SSSR count). The van der Waals surface area contributed by atoms with Crippen molar-refractivity contribution in [2.45, 2.75) is 111 Å². The van der Waals surface area contributed by atoms with Crippen LogP contribution in [0, 0.1) is 10.8 Å². The lowest BCUT2D eigenvalue weighted by atomic mass is 9.64. The highest BCUT2D eigenvalue weighted by Gasteiger charge is 2.49. The zero-order valence-electron chi connectivity index (χ0n) is 23.7. The lowest BCUT2D eigenvalue weighted by Crippen LogP contribution is -2.28. The van der Waals surface area contributed by atoms with Crippen LogP contribution in [0.1, 0.15) is 123 Å². The SMILES string of the molecule is CC(C)(C)C1=CCC(C2(C3c4ccc(C(C)(C)C)cc4-c4cc(C(C)(C)C)ccc43)CCCC2)=C1. The molecular formula is C35H46. The minimum Gasteiger partial charge on any atom is -0.0767 e. The Balaban J connectivity index is 1.72. The van der Waals surface area contributed by atoms with E-state index in [4.69, 9.17) is 0 Å². The van der Waals surface area contributed by atoms with Crippen LogP contribution in [0.5, 0.6) is 0 Å². The molecule has 0 aliphatic heterocycles. The topological polar surface area (TPSA) is 0 Å². The van der Waals surface area contributed by atoms with Crippen molar-refractivity contribution < 1.29 is 0 Å². The fraction of sp³-hybridized carbons (Fsp3) is 0.543. The molecule has 1 saturated carbocycles. The smallest absolute Gasteiger partial charge is 0.0195 e. The standard InChI is InChI=1S/C35H46/c1-32(2,3)23-12-13-26(20-23)35(18-10-11-19-35)31-27-16-14-24(33(4,5)6)21-29(27)30-22-25(34(7,8)9)15-17-28(30)31/h12,14-17,20-22,31H,10-11,13,18-19H2,1-9H3. The molecule has 0 amide bonds. The molecule has 2 aromatic rings. The monoisotopic (exact) mass is 466 g/mol. The molecule has 2 aromatic carbocycles. The molecule has 0 heterocycles. The van der Waals surface area contributed by atoms with Crippen molar-refractivity contribution in [2.75, 3.05) is 0 Å². The molecular weight excluding hydrogens is 420 g/mol. The Labute approximate surface area is 214 Å². The second-order valence-electron chi connectivity index (χ2n) is 14.7. The van der Waals surface area contributed by atoms with Gasteiger partial charge >= 0.3 is 0 Å². The van der Waals surface area contributed by atoms with E-state index in [0.29, 0.717) is 5.92 Å². The van der Waals surface area contributed by atoms with Crippen LogP contribution in [-0.2, 0) is 10.8 Å². The van der Waals surface area contributed by atoms with Crippen LogP contribution < -0.4 is 0 Å². The van der Waals surface area contributed by atoms with Gasteiger partial charge < -0.3 is 0 Å². The van der Waals surface area contributed by atoms with Gasteiger partial charge in [-0.2, -0.15) is 0 Å². The van der Waals surface area contributed by atoms with E-state index >= 15 is 0 Å².